The lowest BCUT2D eigenvalue weighted by Gasteiger charge is -2.10. The molecule has 6 nitrogen and oxygen atoms in total. The van der Waals surface area contributed by atoms with Gasteiger partial charge in [-0.2, -0.15) is 5.10 Å². The van der Waals surface area contributed by atoms with E-state index in [4.69, 9.17) is 9.47 Å². The van der Waals surface area contributed by atoms with Gasteiger partial charge in [-0.05, 0) is 30.9 Å². The Morgan fingerprint density at radius 1 is 1.33 bits per heavy atom. The molecule has 1 heterocycles. The van der Waals surface area contributed by atoms with Crippen molar-refractivity contribution < 1.29 is 19.4 Å². The number of hydrogen-bond acceptors (Lipinski definition) is 4. The largest absolute Gasteiger partial charge is 0.477 e. The molecule has 1 aliphatic rings. The zero-order valence-corrected chi connectivity index (χ0v) is 11.4. The Morgan fingerprint density at radius 3 is 2.76 bits per heavy atom. The van der Waals surface area contributed by atoms with Gasteiger partial charge in [-0.1, -0.05) is 18.2 Å². The molecule has 2 aromatic rings. The molecule has 0 atom stereocenters. The molecule has 0 aliphatic heterocycles. The summed E-state index contributed by atoms with van der Waals surface area (Å²) in [6.45, 7) is 0.678. The van der Waals surface area contributed by atoms with Crippen molar-refractivity contribution in [3.8, 4) is 11.6 Å². The Hall–Kier alpha value is -2.34. The smallest absolute Gasteiger partial charge is 0.342 e. The SMILES string of the molecule is O=C(O)c1cnn(-c2ccccc2)c1OCOCC1CC1. The maximum Gasteiger partial charge on any atom is 0.342 e. The molecular weight excluding hydrogens is 272 g/mol. The quantitative estimate of drug-likeness (QED) is 0.625. The lowest BCUT2D eigenvalue weighted by Crippen LogP contribution is -2.11. The van der Waals surface area contributed by atoms with E-state index in [2.05, 4.69) is 5.10 Å². The van der Waals surface area contributed by atoms with Gasteiger partial charge in [0.05, 0.1) is 18.5 Å². The summed E-state index contributed by atoms with van der Waals surface area (Å²) in [7, 11) is 0. The van der Waals surface area contributed by atoms with Crippen LogP contribution < -0.4 is 4.74 Å². The second-order valence-electron chi connectivity index (χ2n) is 4.99. The van der Waals surface area contributed by atoms with E-state index in [1.54, 1.807) is 0 Å². The van der Waals surface area contributed by atoms with Gasteiger partial charge in [0.2, 0.25) is 5.88 Å². The van der Waals surface area contributed by atoms with Crippen molar-refractivity contribution in [3.63, 3.8) is 0 Å². The Bertz CT molecular complexity index is 620. The van der Waals surface area contributed by atoms with E-state index >= 15 is 0 Å². The summed E-state index contributed by atoms with van der Waals surface area (Å²) in [6, 6.07) is 9.24. The zero-order chi connectivity index (χ0) is 14.7. The minimum Gasteiger partial charge on any atom is -0.477 e. The van der Waals surface area contributed by atoms with Gasteiger partial charge in [-0.3, -0.25) is 0 Å². The number of carboxylic acid groups (broad SMARTS) is 1. The topological polar surface area (TPSA) is 73.6 Å². The number of carbonyl (C=O) groups is 1. The predicted molar refractivity (Wildman–Crippen MR) is 74.7 cm³/mol. The van der Waals surface area contributed by atoms with Gasteiger partial charge in [0.25, 0.3) is 0 Å². The van der Waals surface area contributed by atoms with Crippen LogP contribution in [0.5, 0.6) is 5.88 Å². The first-order valence-electron chi connectivity index (χ1n) is 6.83. The van der Waals surface area contributed by atoms with Crippen LogP contribution in [0.2, 0.25) is 0 Å². The average molecular weight is 288 g/mol. The summed E-state index contributed by atoms with van der Waals surface area (Å²) in [5.74, 6) is -0.259. The summed E-state index contributed by atoms with van der Waals surface area (Å²) < 4.78 is 12.4. The molecule has 110 valence electrons. The summed E-state index contributed by atoms with van der Waals surface area (Å²) in [4.78, 5) is 11.2. The number of hydrogen-bond donors (Lipinski definition) is 1. The van der Waals surface area contributed by atoms with Crippen molar-refractivity contribution in [2.24, 2.45) is 5.92 Å². The van der Waals surface area contributed by atoms with E-state index in [0.717, 1.165) is 5.69 Å². The third-order valence-electron chi connectivity index (χ3n) is 3.29. The fourth-order valence-corrected chi connectivity index (χ4v) is 1.97. The number of nitrogens with zero attached hydrogens (tertiary/aromatic N) is 2. The van der Waals surface area contributed by atoms with Crippen molar-refractivity contribution in [1.82, 2.24) is 9.78 Å². The first kappa shape index (κ1) is 13.6. The van der Waals surface area contributed by atoms with Crippen LogP contribution in [0.1, 0.15) is 23.2 Å². The van der Waals surface area contributed by atoms with Crippen molar-refractivity contribution in [3.05, 3.63) is 42.1 Å². The fourth-order valence-electron chi connectivity index (χ4n) is 1.97. The number of rotatable bonds is 7. The highest BCUT2D eigenvalue weighted by atomic mass is 16.7. The molecule has 3 rings (SSSR count). The monoisotopic (exact) mass is 288 g/mol. The van der Waals surface area contributed by atoms with Gasteiger partial charge in [-0.25, -0.2) is 9.48 Å². The zero-order valence-electron chi connectivity index (χ0n) is 11.4. The molecule has 0 amide bonds. The lowest BCUT2D eigenvalue weighted by molar-refractivity contribution is 0.00534. The molecule has 0 unspecified atom stereocenters. The Labute approximate surface area is 121 Å². The summed E-state index contributed by atoms with van der Waals surface area (Å²) in [5.41, 5.74) is 0.760. The van der Waals surface area contributed by atoms with E-state index in [1.165, 1.54) is 23.7 Å². The number of aromatic nitrogens is 2. The molecule has 0 spiro atoms. The second kappa shape index (κ2) is 5.97. The molecule has 21 heavy (non-hydrogen) atoms. The van der Waals surface area contributed by atoms with Crippen LogP contribution in [0.25, 0.3) is 5.69 Å². The second-order valence-corrected chi connectivity index (χ2v) is 4.99. The minimum atomic E-state index is -1.07. The van der Waals surface area contributed by atoms with Gasteiger partial charge < -0.3 is 14.6 Å². The molecule has 0 bridgehead atoms. The van der Waals surface area contributed by atoms with Crippen molar-refractivity contribution in [2.45, 2.75) is 12.8 Å². The van der Waals surface area contributed by atoms with E-state index in [1.807, 2.05) is 30.3 Å². The molecule has 0 radical (unpaired) electrons. The predicted octanol–water partition coefficient (Wildman–Crippen LogP) is 2.33. The number of ether oxygens (including phenoxy) is 2. The van der Waals surface area contributed by atoms with E-state index in [9.17, 15) is 9.90 Å². The molecular formula is C15H16N2O4. The summed E-state index contributed by atoms with van der Waals surface area (Å²) in [5, 5.41) is 13.3. The molecule has 1 saturated carbocycles. The number of carboxylic acids is 1. The van der Waals surface area contributed by atoms with Gasteiger partial charge in [0.15, 0.2) is 6.79 Å². The van der Waals surface area contributed by atoms with Crippen LogP contribution in [0.4, 0.5) is 0 Å². The maximum atomic E-state index is 11.2. The van der Waals surface area contributed by atoms with Crippen molar-refractivity contribution in [1.29, 1.82) is 0 Å². The van der Waals surface area contributed by atoms with Crippen molar-refractivity contribution in [2.75, 3.05) is 13.4 Å². The summed E-state index contributed by atoms with van der Waals surface area (Å²) in [6.07, 6.45) is 3.68. The number of benzene rings is 1. The minimum absolute atomic E-state index is 0.0221. The van der Waals surface area contributed by atoms with Crippen LogP contribution in [-0.4, -0.2) is 34.3 Å². The van der Waals surface area contributed by atoms with E-state index in [0.29, 0.717) is 12.5 Å². The van der Waals surface area contributed by atoms with Gasteiger partial charge in [0.1, 0.15) is 5.56 Å². The van der Waals surface area contributed by atoms with Crippen molar-refractivity contribution >= 4 is 5.97 Å². The molecule has 1 aromatic heterocycles. The average Bonchev–Trinajstić information content (AvgIpc) is 3.22. The Kier molecular flexibility index (Phi) is 3.87. The number of aromatic carboxylic acids is 1. The van der Waals surface area contributed by atoms with Gasteiger partial charge in [-0.15, -0.1) is 0 Å². The lowest BCUT2D eigenvalue weighted by atomic mass is 10.3. The van der Waals surface area contributed by atoms with E-state index < -0.39 is 5.97 Å². The van der Waals surface area contributed by atoms with Crippen LogP contribution in [0.15, 0.2) is 36.5 Å². The number of para-hydroxylation sites is 1. The van der Waals surface area contributed by atoms with Crippen LogP contribution >= 0.6 is 0 Å². The normalized spacial score (nSPS) is 14.1. The molecule has 1 aromatic carbocycles. The summed E-state index contributed by atoms with van der Waals surface area (Å²) >= 11 is 0. The Morgan fingerprint density at radius 2 is 2.10 bits per heavy atom. The highest BCUT2D eigenvalue weighted by molar-refractivity contribution is 5.90. The first-order valence-corrected chi connectivity index (χ1v) is 6.83. The molecule has 1 N–H and O–H groups in total. The van der Waals surface area contributed by atoms with Crippen LogP contribution in [0, 0.1) is 5.92 Å². The Balaban J connectivity index is 1.77. The maximum absolute atomic E-state index is 11.2. The van der Waals surface area contributed by atoms with E-state index in [-0.39, 0.29) is 18.2 Å². The van der Waals surface area contributed by atoms with Crippen LogP contribution in [-0.2, 0) is 4.74 Å². The highest BCUT2D eigenvalue weighted by Crippen LogP contribution is 2.29. The molecule has 0 saturated heterocycles. The molecule has 1 aliphatic carbocycles. The van der Waals surface area contributed by atoms with Gasteiger partial charge >= 0.3 is 5.97 Å². The third-order valence-corrected chi connectivity index (χ3v) is 3.29. The first-order chi connectivity index (χ1) is 10.3. The third kappa shape index (κ3) is 3.22. The standard InChI is InChI=1S/C15H16N2O4/c18-15(19)13-8-16-17(12-4-2-1-3-5-12)14(13)21-10-20-9-11-6-7-11/h1-5,8,11H,6-7,9-10H2,(H,18,19). The molecule has 6 heteroatoms. The molecule has 1 fully saturated rings. The highest BCUT2D eigenvalue weighted by Gasteiger charge is 2.22. The fraction of sp³-hybridized carbons (Fsp3) is 0.333. The van der Waals surface area contributed by atoms with Crippen LogP contribution in [0.3, 0.4) is 0 Å². The van der Waals surface area contributed by atoms with Gasteiger partial charge in [0, 0.05) is 0 Å².